The summed E-state index contributed by atoms with van der Waals surface area (Å²) in [5.41, 5.74) is -0.0302. The highest BCUT2D eigenvalue weighted by Crippen LogP contribution is 2.29. The van der Waals surface area contributed by atoms with E-state index in [0.717, 1.165) is 4.57 Å². The fraction of sp³-hybridized carbons (Fsp3) is 0.320. The van der Waals surface area contributed by atoms with Crippen molar-refractivity contribution in [3.05, 3.63) is 82.3 Å². The van der Waals surface area contributed by atoms with Crippen LogP contribution in [0.15, 0.2) is 70.4 Å². The quantitative estimate of drug-likeness (QED) is 0.578. The summed E-state index contributed by atoms with van der Waals surface area (Å²) in [4.78, 5) is 31.5. The summed E-state index contributed by atoms with van der Waals surface area (Å²) in [6, 6.07) is 17.2. The third-order valence-corrected chi connectivity index (χ3v) is 7.73. The molecule has 0 saturated carbocycles. The Balaban J connectivity index is 1.83. The molecule has 0 radical (unpaired) electrons. The van der Waals surface area contributed by atoms with E-state index in [1.165, 1.54) is 0 Å². The normalized spacial score (nSPS) is 16.2. The molecule has 2 aromatic carbocycles. The van der Waals surface area contributed by atoms with Crippen molar-refractivity contribution < 1.29 is 17.9 Å². The van der Waals surface area contributed by atoms with Crippen molar-refractivity contribution in [3.8, 4) is 11.4 Å². The van der Waals surface area contributed by atoms with Crippen LogP contribution < -0.4 is 5.56 Å². The molecule has 4 rings (SSSR count). The topological polar surface area (TPSA) is 95.3 Å². The third kappa shape index (κ3) is 4.61. The lowest BCUT2D eigenvalue weighted by atomic mass is 9.96. The first kappa shape index (κ1) is 22.9. The van der Waals surface area contributed by atoms with E-state index in [1.54, 1.807) is 75.4 Å². The largest absolute Gasteiger partial charge is 0.443 e. The molecule has 0 amide bonds. The van der Waals surface area contributed by atoms with E-state index >= 15 is 0 Å². The maximum Gasteiger partial charge on any atom is 0.423 e. The molecule has 1 aromatic heterocycles. The van der Waals surface area contributed by atoms with Gasteiger partial charge in [-0.25, -0.2) is 18.2 Å². The number of aryl methyl sites for hydroxylation is 1. The van der Waals surface area contributed by atoms with Crippen LogP contribution in [0.25, 0.3) is 11.4 Å². The molecule has 3 aromatic rings. The molecule has 1 atom stereocenters. The van der Waals surface area contributed by atoms with Crippen molar-refractivity contribution >= 4 is 15.9 Å². The lowest BCUT2D eigenvalue weighted by Crippen LogP contribution is -2.40. The second-order valence-corrected chi connectivity index (χ2v) is 11.3. The summed E-state index contributed by atoms with van der Waals surface area (Å²) in [7, 11) is -3.64. The summed E-state index contributed by atoms with van der Waals surface area (Å²) in [6.45, 7) is 5.14. The van der Waals surface area contributed by atoms with Crippen LogP contribution in [0.4, 0.5) is 4.79 Å². The highest BCUT2D eigenvalue weighted by molar-refractivity contribution is 7.92. The Morgan fingerprint density at radius 1 is 1.03 bits per heavy atom. The standard InChI is InChI=1S/C25H26N2O5S/c1-25(2,3)32-24(29)27-22(17-10-6-4-7-11-17)26-21-15-14-19(16-20(21)23(27)28)33(30,31)18-12-8-5-9-13-18/h4-13,19H,14-16H2,1-3H3. The smallest absolute Gasteiger partial charge is 0.423 e. The third-order valence-electron chi connectivity index (χ3n) is 5.52. The van der Waals surface area contributed by atoms with E-state index in [2.05, 4.69) is 4.98 Å². The molecular formula is C25H26N2O5S. The molecule has 0 saturated heterocycles. The molecular weight excluding hydrogens is 440 g/mol. The number of fused-ring (bicyclic) bond motifs is 1. The van der Waals surface area contributed by atoms with Crippen LogP contribution >= 0.6 is 0 Å². The van der Waals surface area contributed by atoms with E-state index in [0.29, 0.717) is 24.1 Å². The van der Waals surface area contributed by atoms with Gasteiger partial charge in [-0.1, -0.05) is 48.5 Å². The number of ether oxygens (including phenoxy) is 1. The predicted octanol–water partition coefficient (Wildman–Crippen LogP) is 4.02. The Hall–Kier alpha value is -3.26. The van der Waals surface area contributed by atoms with Gasteiger partial charge in [0.2, 0.25) is 0 Å². The van der Waals surface area contributed by atoms with Crippen molar-refractivity contribution in [1.82, 2.24) is 9.55 Å². The number of hydrogen-bond acceptors (Lipinski definition) is 6. The second kappa shape index (κ2) is 8.59. The minimum Gasteiger partial charge on any atom is -0.443 e. The monoisotopic (exact) mass is 466 g/mol. The number of nitrogens with zero attached hydrogens (tertiary/aromatic N) is 2. The van der Waals surface area contributed by atoms with Gasteiger partial charge in [0, 0.05) is 11.1 Å². The van der Waals surface area contributed by atoms with Gasteiger partial charge in [0.05, 0.1) is 15.8 Å². The lowest BCUT2D eigenvalue weighted by Gasteiger charge is -2.26. The van der Waals surface area contributed by atoms with Gasteiger partial charge in [-0.3, -0.25) is 4.79 Å². The van der Waals surface area contributed by atoms with Crippen molar-refractivity contribution in [2.24, 2.45) is 0 Å². The van der Waals surface area contributed by atoms with Crippen LogP contribution in [0, 0.1) is 0 Å². The predicted molar refractivity (Wildman–Crippen MR) is 125 cm³/mol. The highest BCUT2D eigenvalue weighted by Gasteiger charge is 2.35. The Bertz CT molecular complexity index is 1340. The number of sulfone groups is 1. The molecule has 1 unspecified atom stereocenters. The molecule has 172 valence electrons. The Morgan fingerprint density at radius 3 is 2.24 bits per heavy atom. The highest BCUT2D eigenvalue weighted by atomic mass is 32.2. The van der Waals surface area contributed by atoms with Crippen LogP contribution in [-0.4, -0.2) is 34.9 Å². The minimum absolute atomic E-state index is 0.00371. The summed E-state index contributed by atoms with van der Waals surface area (Å²) in [5, 5.41) is -0.767. The molecule has 33 heavy (non-hydrogen) atoms. The van der Waals surface area contributed by atoms with Gasteiger partial charge in [0.1, 0.15) is 5.60 Å². The molecule has 0 fully saturated rings. The second-order valence-electron chi connectivity index (χ2n) is 9.07. The zero-order valence-electron chi connectivity index (χ0n) is 18.8. The maximum absolute atomic E-state index is 13.6. The van der Waals surface area contributed by atoms with E-state index in [1.807, 2.05) is 6.07 Å². The fourth-order valence-corrected chi connectivity index (χ4v) is 5.70. The fourth-order valence-electron chi connectivity index (χ4n) is 3.96. The first-order valence-corrected chi connectivity index (χ1v) is 12.3. The van der Waals surface area contributed by atoms with Crippen molar-refractivity contribution in [1.29, 1.82) is 0 Å². The van der Waals surface area contributed by atoms with Gasteiger partial charge < -0.3 is 4.74 Å². The zero-order chi connectivity index (χ0) is 23.8. The number of carbonyl (C=O) groups is 1. The molecule has 1 aliphatic rings. The maximum atomic E-state index is 13.6. The van der Waals surface area contributed by atoms with Crippen LogP contribution in [-0.2, 0) is 27.4 Å². The van der Waals surface area contributed by atoms with Gasteiger partial charge in [-0.15, -0.1) is 0 Å². The van der Waals surface area contributed by atoms with Crippen LogP contribution in [0.3, 0.4) is 0 Å². The zero-order valence-corrected chi connectivity index (χ0v) is 19.6. The van der Waals surface area contributed by atoms with Gasteiger partial charge in [-0.2, -0.15) is 4.57 Å². The first-order chi connectivity index (χ1) is 15.6. The minimum atomic E-state index is -3.64. The SMILES string of the molecule is CC(C)(C)OC(=O)n1c(-c2ccccc2)nc2c(c1=O)CC(S(=O)(=O)c1ccccc1)CC2. The molecule has 7 nitrogen and oxygen atoms in total. The molecule has 0 N–H and O–H groups in total. The summed E-state index contributed by atoms with van der Waals surface area (Å²) in [6.07, 6.45) is -0.164. The van der Waals surface area contributed by atoms with Crippen LogP contribution in [0.5, 0.6) is 0 Å². The van der Waals surface area contributed by atoms with Crippen LogP contribution in [0.2, 0.25) is 0 Å². The van der Waals surface area contributed by atoms with Gasteiger partial charge in [0.25, 0.3) is 5.56 Å². The summed E-state index contributed by atoms with van der Waals surface area (Å²) >= 11 is 0. The number of rotatable bonds is 3. The van der Waals surface area contributed by atoms with E-state index in [4.69, 9.17) is 4.74 Å². The molecule has 0 bridgehead atoms. The van der Waals surface area contributed by atoms with Crippen molar-refractivity contribution in [2.45, 2.75) is 55.8 Å². The molecule has 0 spiro atoms. The van der Waals surface area contributed by atoms with E-state index < -0.39 is 32.3 Å². The summed E-state index contributed by atoms with van der Waals surface area (Å²) in [5.74, 6) is 0.193. The number of aromatic nitrogens is 2. The van der Waals surface area contributed by atoms with Gasteiger partial charge in [-0.05, 0) is 52.2 Å². The van der Waals surface area contributed by atoms with Crippen molar-refractivity contribution in [2.75, 3.05) is 0 Å². The Labute approximate surface area is 193 Å². The lowest BCUT2D eigenvalue weighted by molar-refractivity contribution is 0.0531. The Kier molecular flexibility index (Phi) is 5.97. The van der Waals surface area contributed by atoms with Gasteiger partial charge in [0.15, 0.2) is 15.7 Å². The van der Waals surface area contributed by atoms with E-state index in [9.17, 15) is 18.0 Å². The Morgan fingerprint density at radius 2 is 1.64 bits per heavy atom. The number of hydrogen-bond donors (Lipinski definition) is 0. The van der Waals surface area contributed by atoms with Crippen molar-refractivity contribution in [3.63, 3.8) is 0 Å². The number of carbonyl (C=O) groups excluding carboxylic acids is 1. The molecule has 1 aliphatic carbocycles. The molecule has 8 heteroatoms. The average molecular weight is 467 g/mol. The average Bonchev–Trinajstić information content (AvgIpc) is 2.78. The molecule has 0 aliphatic heterocycles. The molecule has 1 heterocycles. The van der Waals surface area contributed by atoms with E-state index in [-0.39, 0.29) is 22.7 Å². The summed E-state index contributed by atoms with van der Waals surface area (Å²) < 4.78 is 32.8. The number of benzene rings is 2. The first-order valence-electron chi connectivity index (χ1n) is 10.8. The van der Waals surface area contributed by atoms with Crippen LogP contribution in [0.1, 0.15) is 38.4 Å². The van der Waals surface area contributed by atoms with Gasteiger partial charge >= 0.3 is 6.09 Å².